The minimum atomic E-state index is 0.268. The summed E-state index contributed by atoms with van der Waals surface area (Å²) in [7, 11) is 0. The third-order valence-electron chi connectivity index (χ3n) is 2.49. The van der Waals surface area contributed by atoms with Gasteiger partial charge in [0.1, 0.15) is 0 Å². The van der Waals surface area contributed by atoms with Crippen LogP contribution in [0.4, 0.5) is 0 Å². The first-order chi connectivity index (χ1) is 8.36. The van der Waals surface area contributed by atoms with Gasteiger partial charge in [-0.2, -0.15) is 4.98 Å². The highest BCUT2D eigenvalue weighted by Gasteiger charge is 2.08. The van der Waals surface area contributed by atoms with E-state index in [4.69, 9.17) is 10.3 Å². The summed E-state index contributed by atoms with van der Waals surface area (Å²) in [4.78, 5) is 8.50. The lowest BCUT2D eigenvalue weighted by molar-refractivity contribution is 0.423. The Hall–Kier alpha value is -2.27. The molecule has 0 radical (unpaired) electrons. The van der Waals surface area contributed by atoms with Gasteiger partial charge in [-0.1, -0.05) is 23.4 Å². The molecule has 3 rings (SSSR count). The smallest absolute Gasteiger partial charge is 0.259 e. The first-order valence-corrected chi connectivity index (χ1v) is 5.24. The van der Waals surface area contributed by atoms with Crippen LogP contribution in [0.15, 0.2) is 41.1 Å². The molecular weight excluding hydrogens is 216 g/mol. The molecule has 0 fully saturated rings. The Balaban J connectivity index is 2.11. The fraction of sp³-hybridized carbons (Fsp3) is 0.0833. The summed E-state index contributed by atoms with van der Waals surface area (Å²) < 4.78 is 5.11. The van der Waals surface area contributed by atoms with Crippen molar-refractivity contribution in [1.82, 2.24) is 15.1 Å². The quantitative estimate of drug-likeness (QED) is 0.720. The highest BCUT2D eigenvalue weighted by Crippen LogP contribution is 2.20. The van der Waals surface area contributed by atoms with Gasteiger partial charge in [-0.3, -0.25) is 4.98 Å². The summed E-state index contributed by atoms with van der Waals surface area (Å²) in [6.45, 7) is 0.268. The van der Waals surface area contributed by atoms with Crippen molar-refractivity contribution < 1.29 is 4.52 Å². The molecule has 2 heterocycles. The van der Waals surface area contributed by atoms with E-state index in [0.717, 1.165) is 16.5 Å². The third-order valence-corrected chi connectivity index (χ3v) is 2.49. The SMILES string of the molecule is NCc1noc(-c2cnc3ccccc3c2)n1. The van der Waals surface area contributed by atoms with Crippen molar-refractivity contribution in [3.63, 3.8) is 0 Å². The van der Waals surface area contributed by atoms with Gasteiger partial charge < -0.3 is 10.3 Å². The van der Waals surface area contributed by atoms with Crippen LogP contribution in [0.3, 0.4) is 0 Å². The minimum absolute atomic E-state index is 0.268. The molecule has 0 saturated heterocycles. The van der Waals surface area contributed by atoms with E-state index < -0.39 is 0 Å². The molecule has 0 aliphatic heterocycles. The number of hydrogen-bond acceptors (Lipinski definition) is 5. The van der Waals surface area contributed by atoms with Crippen molar-refractivity contribution in [2.24, 2.45) is 5.73 Å². The van der Waals surface area contributed by atoms with Crippen LogP contribution in [0.2, 0.25) is 0 Å². The van der Waals surface area contributed by atoms with E-state index >= 15 is 0 Å². The summed E-state index contributed by atoms with van der Waals surface area (Å²) in [5.74, 6) is 0.942. The molecule has 5 heteroatoms. The molecule has 0 bridgehead atoms. The summed E-state index contributed by atoms with van der Waals surface area (Å²) in [6.07, 6.45) is 1.72. The second-order valence-electron chi connectivity index (χ2n) is 3.64. The van der Waals surface area contributed by atoms with Crippen LogP contribution in [-0.2, 0) is 6.54 Å². The average Bonchev–Trinajstić information content (AvgIpc) is 2.87. The minimum Gasteiger partial charge on any atom is -0.334 e. The van der Waals surface area contributed by atoms with Gasteiger partial charge in [-0.15, -0.1) is 0 Å². The molecule has 0 unspecified atom stereocenters. The van der Waals surface area contributed by atoms with E-state index in [1.54, 1.807) is 6.20 Å². The van der Waals surface area contributed by atoms with E-state index in [2.05, 4.69) is 15.1 Å². The van der Waals surface area contributed by atoms with Gasteiger partial charge in [0.15, 0.2) is 5.82 Å². The number of nitrogens with zero attached hydrogens (tertiary/aromatic N) is 3. The molecule has 0 amide bonds. The van der Waals surface area contributed by atoms with E-state index in [1.165, 1.54) is 0 Å². The summed E-state index contributed by atoms with van der Waals surface area (Å²) in [6, 6.07) is 9.83. The Labute approximate surface area is 97.3 Å². The lowest BCUT2D eigenvalue weighted by Crippen LogP contribution is -1.97. The van der Waals surface area contributed by atoms with Crippen LogP contribution in [0.5, 0.6) is 0 Å². The number of hydrogen-bond donors (Lipinski definition) is 1. The number of benzene rings is 1. The number of nitrogens with two attached hydrogens (primary N) is 1. The number of aromatic nitrogens is 3. The van der Waals surface area contributed by atoms with Crippen molar-refractivity contribution in [3.8, 4) is 11.5 Å². The standard InChI is InChI=1S/C12H10N4O/c13-6-11-15-12(17-16-11)9-5-8-3-1-2-4-10(8)14-7-9/h1-5,7H,6,13H2. The van der Waals surface area contributed by atoms with Gasteiger partial charge in [-0.05, 0) is 12.1 Å². The monoisotopic (exact) mass is 226 g/mol. The van der Waals surface area contributed by atoms with Crippen LogP contribution in [0, 0.1) is 0 Å². The topological polar surface area (TPSA) is 77.8 Å². The molecule has 3 aromatic rings. The van der Waals surface area contributed by atoms with E-state index in [1.807, 2.05) is 30.3 Å². The van der Waals surface area contributed by atoms with Crippen molar-refractivity contribution in [2.45, 2.75) is 6.54 Å². The molecule has 0 spiro atoms. The van der Waals surface area contributed by atoms with Crippen LogP contribution in [0.25, 0.3) is 22.4 Å². The lowest BCUT2D eigenvalue weighted by Gasteiger charge is -1.97. The largest absolute Gasteiger partial charge is 0.334 e. The van der Waals surface area contributed by atoms with Gasteiger partial charge in [0, 0.05) is 11.6 Å². The molecule has 2 N–H and O–H groups in total. The van der Waals surface area contributed by atoms with Gasteiger partial charge in [-0.25, -0.2) is 0 Å². The Morgan fingerprint density at radius 2 is 2.12 bits per heavy atom. The van der Waals surface area contributed by atoms with Gasteiger partial charge in [0.05, 0.1) is 17.6 Å². The van der Waals surface area contributed by atoms with Crippen LogP contribution < -0.4 is 5.73 Å². The number of para-hydroxylation sites is 1. The van der Waals surface area contributed by atoms with Crippen LogP contribution >= 0.6 is 0 Å². The Bertz CT molecular complexity index is 662. The molecular formula is C12H10N4O. The molecule has 5 nitrogen and oxygen atoms in total. The molecule has 84 valence electrons. The lowest BCUT2D eigenvalue weighted by atomic mass is 10.1. The van der Waals surface area contributed by atoms with Crippen LogP contribution in [-0.4, -0.2) is 15.1 Å². The number of fused-ring (bicyclic) bond motifs is 1. The maximum Gasteiger partial charge on any atom is 0.259 e. The van der Waals surface area contributed by atoms with Crippen molar-refractivity contribution in [3.05, 3.63) is 42.4 Å². The van der Waals surface area contributed by atoms with Crippen molar-refractivity contribution >= 4 is 10.9 Å². The van der Waals surface area contributed by atoms with E-state index in [0.29, 0.717) is 11.7 Å². The van der Waals surface area contributed by atoms with Gasteiger partial charge >= 0.3 is 0 Å². The molecule has 2 aromatic heterocycles. The Morgan fingerprint density at radius 1 is 1.24 bits per heavy atom. The highest BCUT2D eigenvalue weighted by atomic mass is 16.5. The summed E-state index contributed by atoms with van der Waals surface area (Å²) >= 11 is 0. The highest BCUT2D eigenvalue weighted by molar-refractivity contribution is 5.81. The van der Waals surface area contributed by atoms with Crippen molar-refractivity contribution in [1.29, 1.82) is 0 Å². The van der Waals surface area contributed by atoms with Crippen molar-refractivity contribution in [2.75, 3.05) is 0 Å². The molecule has 17 heavy (non-hydrogen) atoms. The fourth-order valence-electron chi connectivity index (χ4n) is 1.64. The maximum absolute atomic E-state index is 5.43. The zero-order valence-electron chi connectivity index (χ0n) is 9.00. The molecule has 0 atom stereocenters. The number of rotatable bonds is 2. The van der Waals surface area contributed by atoms with E-state index in [9.17, 15) is 0 Å². The average molecular weight is 226 g/mol. The Morgan fingerprint density at radius 3 is 2.94 bits per heavy atom. The van der Waals surface area contributed by atoms with Gasteiger partial charge in [0.2, 0.25) is 0 Å². The second kappa shape index (κ2) is 3.95. The molecule has 0 aliphatic rings. The first-order valence-electron chi connectivity index (χ1n) is 5.24. The zero-order chi connectivity index (χ0) is 11.7. The van der Waals surface area contributed by atoms with E-state index in [-0.39, 0.29) is 6.54 Å². The number of pyridine rings is 1. The molecule has 1 aromatic carbocycles. The molecule has 0 saturated carbocycles. The normalized spacial score (nSPS) is 10.9. The summed E-state index contributed by atoms with van der Waals surface area (Å²) in [5.41, 5.74) is 7.17. The third kappa shape index (κ3) is 1.76. The molecule has 0 aliphatic carbocycles. The zero-order valence-corrected chi connectivity index (χ0v) is 9.00. The summed E-state index contributed by atoms with van der Waals surface area (Å²) in [5, 5.41) is 4.79. The van der Waals surface area contributed by atoms with Gasteiger partial charge in [0.25, 0.3) is 5.89 Å². The Kier molecular flexibility index (Phi) is 2.31. The first kappa shape index (κ1) is 9.92. The second-order valence-corrected chi connectivity index (χ2v) is 3.64. The van der Waals surface area contributed by atoms with Crippen LogP contribution in [0.1, 0.15) is 5.82 Å². The predicted molar refractivity (Wildman–Crippen MR) is 62.9 cm³/mol. The maximum atomic E-state index is 5.43. The predicted octanol–water partition coefficient (Wildman–Crippen LogP) is 1.74. The fourth-order valence-corrected chi connectivity index (χ4v) is 1.64.